The SMILES string of the molecule is Cc1ccc(NC(=O)[C@@H]2CC[C@H](C(=O)O)C2)cc1OC(F)F. The van der Waals surface area contributed by atoms with E-state index >= 15 is 0 Å². The molecule has 1 aliphatic carbocycles. The summed E-state index contributed by atoms with van der Waals surface area (Å²) in [5.74, 6) is -2.05. The summed E-state index contributed by atoms with van der Waals surface area (Å²) < 4.78 is 29.0. The van der Waals surface area contributed by atoms with E-state index in [1.807, 2.05) is 0 Å². The van der Waals surface area contributed by atoms with Gasteiger partial charge in [0.05, 0.1) is 5.92 Å². The fourth-order valence-corrected chi connectivity index (χ4v) is 2.59. The molecule has 5 nitrogen and oxygen atoms in total. The zero-order valence-electron chi connectivity index (χ0n) is 12.0. The number of nitrogens with one attached hydrogen (secondary N) is 1. The van der Waals surface area contributed by atoms with Gasteiger partial charge in [0.2, 0.25) is 5.91 Å². The predicted octanol–water partition coefficient (Wildman–Crippen LogP) is 3.04. The van der Waals surface area contributed by atoms with Crippen LogP contribution in [0.1, 0.15) is 24.8 Å². The lowest BCUT2D eigenvalue weighted by Crippen LogP contribution is -2.21. The van der Waals surface area contributed by atoms with Crippen LogP contribution in [0.2, 0.25) is 0 Å². The summed E-state index contributed by atoms with van der Waals surface area (Å²) in [6, 6.07) is 4.50. The van der Waals surface area contributed by atoms with Gasteiger partial charge in [-0.2, -0.15) is 8.78 Å². The van der Waals surface area contributed by atoms with Crippen molar-refractivity contribution in [3.05, 3.63) is 23.8 Å². The minimum atomic E-state index is -2.93. The molecule has 1 aromatic carbocycles. The monoisotopic (exact) mass is 313 g/mol. The number of alkyl halides is 2. The van der Waals surface area contributed by atoms with Crippen LogP contribution in [0.3, 0.4) is 0 Å². The first-order valence-electron chi connectivity index (χ1n) is 6.96. The molecule has 0 saturated heterocycles. The van der Waals surface area contributed by atoms with E-state index in [0.717, 1.165) is 0 Å². The molecule has 0 heterocycles. The molecule has 120 valence electrons. The highest BCUT2D eigenvalue weighted by molar-refractivity contribution is 5.93. The maximum atomic E-state index is 12.3. The van der Waals surface area contributed by atoms with Gasteiger partial charge in [-0.15, -0.1) is 0 Å². The van der Waals surface area contributed by atoms with Crippen molar-refractivity contribution >= 4 is 17.6 Å². The van der Waals surface area contributed by atoms with Crippen molar-refractivity contribution in [2.45, 2.75) is 32.8 Å². The van der Waals surface area contributed by atoms with Crippen molar-refractivity contribution < 1.29 is 28.2 Å². The molecule has 7 heteroatoms. The number of carbonyl (C=O) groups is 2. The quantitative estimate of drug-likeness (QED) is 0.876. The van der Waals surface area contributed by atoms with Gasteiger partial charge in [-0.05, 0) is 37.8 Å². The topological polar surface area (TPSA) is 75.6 Å². The van der Waals surface area contributed by atoms with Gasteiger partial charge < -0.3 is 15.2 Å². The first-order chi connectivity index (χ1) is 10.4. The number of anilines is 1. The Morgan fingerprint density at radius 1 is 1.32 bits per heavy atom. The Balaban J connectivity index is 2.01. The Kier molecular flexibility index (Phi) is 4.95. The van der Waals surface area contributed by atoms with Gasteiger partial charge in [0, 0.05) is 17.7 Å². The third-order valence-electron chi connectivity index (χ3n) is 3.82. The second-order valence-electron chi connectivity index (χ2n) is 5.39. The number of carboxylic acid groups (broad SMARTS) is 1. The number of hydrogen-bond donors (Lipinski definition) is 2. The fourth-order valence-electron chi connectivity index (χ4n) is 2.59. The smallest absolute Gasteiger partial charge is 0.387 e. The molecule has 0 aromatic heterocycles. The van der Waals surface area contributed by atoms with Crippen molar-refractivity contribution in [2.24, 2.45) is 11.8 Å². The molecule has 0 bridgehead atoms. The number of ether oxygens (including phenoxy) is 1. The normalized spacial score (nSPS) is 20.9. The molecule has 2 N–H and O–H groups in total. The number of rotatable bonds is 5. The highest BCUT2D eigenvalue weighted by Crippen LogP contribution is 2.32. The molecule has 2 rings (SSSR count). The van der Waals surface area contributed by atoms with E-state index in [0.29, 0.717) is 30.5 Å². The standard InChI is InChI=1S/C15H17F2NO4/c1-8-2-5-11(7-12(8)22-15(16)17)18-13(19)9-3-4-10(6-9)14(20)21/h2,5,7,9-10,15H,3-4,6H2,1H3,(H,18,19)(H,20,21)/t9-,10+/m1/s1. The van der Waals surface area contributed by atoms with E-state index < -0.39 is 18.5 Å². The summed E-state index contributed by atoms with van der Waals surface area (Å²) in [6.45, 7) is -1.31. The van der Waals surface area contributed by atoms with Crippen LogP contribution in [0.25, 0.3) is 0 Å². The highest BCUT2D eigenvalue weighted by atomic mass is 19.3. The molecule has 0 radical (unpaired) electrons. The highest BCUT2D eigenvalue weighted by Gasteiger charge is 2.33. The molecule has 22 heavy (non-hydrogen) atoms. The lowest BCUT2D eigenvalue weighted by molar-refractivity contribution is -0.141. The van der Waals surface area contributed by atoms with Crippen molar-refractivity contribution in [1.82, 2.24) is 0 Å². The van der Waals surface area contributed by atoms with E-state index in [9.17, 15) is 18.4 Å². The second kappa shape index (κ2) is 6.72. The number of benzene rings is 1. The Labute approximate surface area is 126 Å². The average Bonchev–Trinajstić information content (AvgIpc) is 2.92. The summed E-state index contributed by atoms with van der Waals surface area (Å²) in [5, 5.41) is 11.6. The van der Waals surface area contributed by atoms with Crippen molar-refractivity contribution in [3.8, 4) is 5.75 Å². The number of amides is 1. The van der Waals surface area contributed by atoms with E-state index in [2.05, 4.69) is 10.1 Å². The van der Waals surface area contributed by atoms with Gasteiger partial charge in [0.1, 0.15) is 5.75 Å². The van der Waals surface area contributed by atoms with Crippen LogP contribution >= 0.6 is 0 Å². The number of carbonyl (C=O) groups excluding carboxylic acids is 1. The van der Waals surface area contributed by atoms with Crippen molar-refractivity contribution in [3.63, 3.8) is 0 Å². The number of carboxylic acids is 1. The van der Waals surface area contributed by atoms with Crippen LogP contribution in [0.15, 0.2) is 18.2 Å². The molecular formula is C15H17F2NO4. The van der Waals surface area contributed by atoms with Crippen LogP contribution in [-0.4, -0.2) is 23.6 Å². The average molecular weight is 313 g/mol. The number of halogens is 2. The molecule has 1 aliphatic rings. The van der Waals surface area contributed by atoms with E-state index in [-0.39, 0.29) is 17.6 Å². The van der Waals surface area contributed by atoms with Crippen molar-refractivity contribution in [2.75, 3.05) is 5.32 Å². The van der Waals surface area contributed by atoms with Crippen molar-refractivity contribution in [1.29, 1.82) is 0 Å². The summed E-state index contributed by atoms with van der Waals surface area (Å²) in [6.07, 6.45) is 1.28. The molecule has 1 amide bonds. The van der Waals surface area contributed by atoms with Crippen LogP contribution in [0.5, 0.6) is 5.75 Å². The molecule has 1 aromatic rings. The summed E-state index contributed by atoms with van der Waals surface area (Å²) in [7, 11) is 0. The Morgan fingerprint density at radius 2 is 2.00 bits per heavy atom. The predicted molar refractivity (Wildman–Crippen MR) is 74.9 cm³/mol. The second-order valence-corrected chi connectivity index (χ2v) is 5.39. The molecule has 0 unspecified atom stereocenters. The molecule has 2 atom stereocenters. The maximum Gasteiger partial charge on any atom is 0.387 e. The number of hydrogen-bond acceptors (Lipinski definition) is 3. The first kappa shape index (κ1) is 16.2. The largest absolute Gasteiger partial charge is 0.481 e. The summed E-state index contributed by atoms with van der Waals surface area (Å²) in [5.41, 5.74) is 0.884. The van der Waals surface area contributed by atoms with E-state index in [1.54, 1.807) is 19.1 Å². The van der Waals surface area contributed by atoms with Gasteiger partial charge in [0.15, 0.2) is 0 Å². The minimum Gasteiger partial charge on any atom is -0.481 e. The molecular weight excluding hydrogens is 296 g/mol. The van der Waals surface area contributed by atoms with Gasteiger partial charge in [-0.1, -0.05) is 6.07 Å². The number of aliphatic carboxylic acids is 1. The lowest BCUT2D eigenvalue weighted by Gasteiger charge is -2.13. The van der Waals surface area contributed by atoms with Gasteiger partial charge in [0.25, 0.3) is 0 Å². The Morgan fingerprint density at radius 3 is 2.59 bits per heavy atom. The zero-order valence-corrected chi connectivity index (χ0v) is 12.0. The lowest BCUT2D eigenvalue weighted by atomic mass is 10.0. The molecule has 0 aliphatic heterocycles. The minimum absolute atomic E-state index is 0.00244. The van der Waals surface area contributed by atoms with Crippen LogP contribution in [-0.2, 0) is 9.59 Å². The van der Waals surface area contributed by atoms with E-state index in [4.69, 9.17) is 5.11 Å². The maximum absolute atomic E-state index is 12.3. The van der Waals surface area contributed by atoms with Crippen LogP contribution in [0, 0.1) is 18.8 Å². The summed E-state index contributed by atoms with van der Waals surface area (Å²) >= 11 is 0. The summed E-state index contributed by atoms with van der Waals surface area (Å²) in [4.78, 5) is 23.0. The molecule has 1 saturated carbocycles. The van der Waals surface area contributed by atoms with Gasteiger partial charge in [-0.3, -0.25) is 9.59 Å². The molecule has 0 spiro atoms. The molecule has 1 fully saturated rings. The third-order valence-corrected chi connectivity index (χ3v) is 3.82. The Hall–Kier alpha value is -2.18. The third kappa shape index (κ3) is 3.93. The number of aryl methyl sites for hydroxylation is 1. The Bertz CT molecular complexity index is 577. The van der Waals surface area contributed by atoms with Crippen LogP contribution in [0.4, 0.5) is 14.5 Å². The van der Waals surface area contributed by atoms with Gasteiger partial charge >= 0.3 is 12.6 Å². The zero-order chi connectivity index (χ0) is 16.3. The van der Waals surface area contributed by atoms with E-state index in [1.165, 1.54) is 6.07 Å². The first-order valence-corrected chi connectivity index (χ1v) is 6.96. The fraction of sp³-hybridized carbons (Fsp3) is 0.467. The van der Waals surface area contributed by atoms with Gasteiger partial charge in [-0.25, -0.2) is 0 Å². The van der Waals surface area contributed by atoms with Crippen LogP contribution < -0.4 is 10.1 Å².